The third kappa shape index (κ3) is 4.10. The molecule has 106 valence electrons. The van der Waals surface area contributed by atoms with Crippen LogP contribution in [-0.4, -0.2) is 13.2 Å². The fraction of sp³-hybridized carbons (Fsp3) is 0.143. The molecule has 0 radical (unpaired) electrons. The van der Waals surface area contributed by atoms with Gasteiger partial charge in [0.15, 0.2) is 5.75 Å². The molecule has 0 heterocycles. The lowest BCUT2D eigenvalue weighted by Gasteiger charge is -2.12. The molecule has 0 amide bonds. The Kier molecular flexibility index (Phi) is 5.67. The van der Waals surface area contributed by atoms with Gasteiger partial charge >= 0.3 is 0 Å². The SMILES string of the molecule is Clc1cc(Cl)c(OCCNc2ccccc2Cl)c(Cl)c1. The molecule has 6 heteroatoms. The van der Waals surface area contributed by atoms with Gasteiger partial charge in [-0.3, -0.25) is 0 Å². The molecule has 2 aromatic rings. The first-order valence-electron chi connectivity index (χ1n) is 5.83. The summed E-state index contributed by atoms with van der Waals surface area (Å²) in [4.78, 5) is 0. The summed E-state index contributed by atoms with van der Waals surface area (Å²) in [6.07, 6.45) is 0. The van der Waals surface area contributed by atoms with E-state index >= 15 is 0 Å². The van der Waals surface area contributed by atoms with Gasteiger partial charge in [0, 0.05) is 11.6 Å². The van der Waals surface area contributed by atoms with Crippen molar-refractivity contribution >= 4 is 52.1 Å². The number of halogens is 4. The molecule has 2 rings (SSSR count). The van der Waals surface area contributed by atoms with Gasteiger partial charge in [0.25, 0.3) is 0 Å². The monoisotopic (exact) mass is 349 g/mol. The Balaban J connectivity index is 1.90. The highest BCUT2D eigenvalue weighted by atomic mass is 35.5. The summed E-state index contributed by atoms with van der Waals surface area (Å²) in [5.41, 5.74) is 0.853. The van der Waals surface area contributed by atoms with Gasteiger partial charge in [0.2, 0.25) is 0 Å². The Morgan fingerprint density at radius 1 is 0.900 bits per heavy atom. The Labute approximate surface area is 137 Å². The maximum atomic E-state index is 6.03. The van der Waals surface area contributed by atoms with E-state index in [4.69, 9.17) is 51.1 Å². The predicted molar refractivity (Wildman–Crippen MR) is 86.9 cm³/mol. The second-order valence-corrected chi connectivity index (χ2v) is 5.61. The van der Waals surface area contributed by atoms with Crippen molar-refractivity contribution in [3.63, 3.8) is 0 Å². The van der Waals surface area contributed by atoms with Crippen LogP contribution in [0.15, 0.2) is 36.4 Å². The van der Waals surface area contributed by atoms with Gasteiger partial charge in [-0.25, -0.2) is 0 Å². The van der Waals surface area contributed by atoms with Crippen LogP contribution >= 0.6 is 46.4 Å². The van der Waals surface area contributed by atoms with E-state index in [0.29, 0.717) is 39.0 Å². The molecular formula is C14H11Cl4NO. The smallest absolute Gasteiger partial charge is 0.156 e. The molecule has 0 bridgehead atoms. The lowest BCUT2D eigenvalue weighted by molar-refractivity contribution is 0.333. The fourth-order valence-electron chi connectivity index (χ4n) is 1.61. The molecule has 1 N–H and O–H groups in total. The zero-order valence-electron chi connectivity index (χ0n) is 10.3. The molecule has 0 saturated heterocycles. The van der Waals surface area contributed by atoms with Crippen LogP contribution in [0, 0.1) is 0 Å². The highest BCUT2D eigenvalue weighted by molar-refractivity contribution is 6.40. The van der Waals surface area contributed by atoms with Crippen molar-refractivity contribution in [2.45, 2.75) is 0 Å². The van der Waals surface area contributed by atoms with Crippen LogP contribution in [0.3, 0.4) is 0 Å². The minimum Gasteiger partial charge on any atom is -0.489 e. The average molecular weight is 351 g/mol. The minimum atomic E-state index is 0.389. The van der Waals surface area contributed by atoms with Gasteiger partial charge < -0.3 is 10.1 Å². The minimum absolute atomic E-state index is 0.389. The van der Waals surface area contributed by atoms with E-state index in [-0.39, 0.29) is 0 Å². The molecule has 0 atom stereocenters. The zero-order valence-corrected chi connectivity index (χ0v) is 13.3. The summed E-state index contributed by atoms with van der Waals surface area (Å²) >= 11 is 23.9. The highest BCUT2D eigenvalue weighted by Gasteiger charge is 2.09. The number of ether oxygens (including phenoxy) is 1. The summed E-state index contributed by atoms with van der Waals surface area (Å²) in [5, 5.41) is 5.08. The van der Waals surface area contributed by atoms with E-state index in [1.165, 1.54) is 0 Å². The van der Waals surface area contributed by atoms with Crippen molar-refractivity contribution in [2.24, 2.45) is 0 Å². The van der Waals surface area contributed by atoms with Gasteiger partial charge in [-0.2, -0.15) is 0 Å². The molecule has 2 nitrogen and oxygen atoms in total. The van der Waals surface area contributed by atoms with Crippen molar-refractivity contribution in [2.75, 3.05) is 18.5 Å². The molecule has 0 aliphatic carbocycles. The van der Waals surface area contributed by atoms with Crippen LogP contribution in [-0.2, 0) is 0 Å². The Bertz CT molecular complexity index is 580. The number of hydrogen-bond donors (Lipinski definition) is 1. The highest BCUT2D eigenvalue weighted by Crippen LogP contribution is 2.35. The molecule has 0 aromatic heterocycles. The van der Waals surface area contributed by atoms with Crippen molar-refractivity contribution in [1.82, 2.24) is 0 Å². The van der Waals surface area contributed by atoms with Crippen molar-refractivity contribution in [3.8, 4) is 5.75 Å². The number of rotatable bonds is 5. The first-order chi connectivity index (χ1) is 9.58. The topological polar surface area (TPSA) is 21.3 Å². The molecule has 0 fully saturated rings. The fourth-order valence-corrected chi connectivity index (χ4v) is 2.74. The van der Waals surface area contributed by atoms with E-state index < -0.39 is 0 Å². The quantitative estimate of drug-likeness (QED) is 0.689. The van der Waals surface area contributed by atoms with Crippen LogP contribution in [0.5, 0.6) is 5.75 Å². The van der Waals surface area contributed by atoms with Crippen LogP contribution in [0.25, 0.3) is 0 Å². The van der Waals surface area contributed by atoms with Gasteiger partial charge in [-0.1, -0.05) is 58.5 Å². The molecule has 2 aromatic carbocycles. The second kappa shape index (κ2) is 7.28. The van der Waals surface area contributed by atoms with Crippen molar-refractivity contribution in [1.29, 1.82) is 0 Å². The maximum absolute atomic E-state index is 6.03. The largest absolute Gasteiger partial charge is 0.489 e. The molecule has 0 unspecified atom stereocenters. The molecule has 0 saturated carbocycles. The third-order valence-electron chi connectivity index (χ3n) is 2.50. The summed E-state index contributed by atoms with van der Waals surface area (Å²) in [7, 11) is 0. The van der Waals surface area contributed by atoms with Crippen LogP contribution in [0.1, 0.15) is 0 Å². The van der Waals surface area contributed by atoms with Gasteiger partial charge in [-0.05, 0) is 24.3 Å². The normalized spacial score (nSPS) is 10.4. The number of benzene rings is 2. The standard InChI is InChI=1S/C14H11Cl4NO/c15-9-7-11(17)14(12(18)8-9)20-6-5-19-13-4-2-1-3-10(13)16/h1-4,7-8,19H,5-6H2. The summed E-state index contributed by atoms with van der Waals surface area (Å²) < 4.78 is 5.56. The van der Waals surface area contributed by atoms with Gasteiger partial charge in [-0.15, -0.1) is 0 Å². The first kappa shape index (κ1) is 15.6. The molecule has 0 aliphatic rings. The Hall–Kier alpha value is -0.800. The second-order valence-electron chi connectivity index (χ2n) is 3.95. The van der Waals surface area contributed by atoms with Crippen LogP contribution < -0.4 is 10.1 Å². The van der Waals surface area contributed by atoms with Gasteiger partial charge in [0.05, 0.1) is 20.8 Å². The van der Waals surface area contributed by atoms with Crippen LogP contribution in [0.4, 0.5) is 5.69 Å². The molecule has 0 aliphatic heterocycles. The Morgan fingerprint density at radius 2 is 1.55 bits per heavy atom. The summed E-state index contributed by atoms with van der Waals surface area (Å²) in [5.74, 6) is 0.429. The first-order valence-corrected chi connectivity index (χ1v) is 7.35. The molecule has 0 spiro atoms. The van der Waals surface area contributed by atoms with Gasteiger partial charge in [0.1, 0.15) is 6.61 Å². The average Bonchev–Trinajstić information content (AvgIpc) is 2.38. The van der Waals surface area contributed by atoms with E-state index in [0.717, 1.165) is 5.69 Å². The lowest BCUT2D eigenvalue weighted by Crippen LogP contribution is -2.12. The maximum Gasteiger partial charge on any atom is 0.156 e. The Morgan fingerprint density at radius 3 is 2.20 bits per heavy atom. The van der Waals surface area contributed by atoms with E-state index in [9.17, 15) is 0 Å². The van der Waals surface area contributed by atoms with Crippen molar-refractivity contribution < 1.29 is 4.74 Å². The van der Waals surface area contributed by atoms with E-state index in [1.807, 2.05) is 24.3 Å². The lowest BCUT2D eigenvalue weighted by atomic mass is 10.3. The molecule has 20 heavy (non-hydrogen) atoms. The number of hydrogen-bond acceptors (Lipinski definition) is 2. The predicted octanol–water partition coefficient (Wildman–Crippen LogP) is 5.79. The third-order valence-corrected chi connectivity index (χ3v) is 3.61. The molecular weight excluding hydrogens is 340 g/mol. The summed E-state index contributed by atoms with van der Waals surface area (Å²) in [6, 6.07) is 10.7. The van der Waals surface area contributed by atoms with Crippen molar-refractivity contribution in [3.05, 3.63) is 56.5 Å². The van der Waals surface area contributed by atoms with Crippen LogP contribution in [0.2, 0.25) is 20.1 Å². The number of para-hydroxylation sites is 1. The number of nitrogens with one attached hydrogen (secondary N) is 1. The van der Waals surface area contributed by atoms with E-state index in [2.05, 4.69) is 5.32 Å². The zero-order chi connectivity index (χ0) is 14.5. The summed E-state index contributed by atoms with van der Waals surface area (Å²) in [6.45, 7) is 0.964. The van der Waals surface area contributed by atoms with E-state index in [1.54, 1.807) is 12.1 Å². The number of anilines is 1.